The highest BCUT2D eigenvalue weighted by molar-refractivity contribution is 5.82. The average Bonchev–Trinajstić information content (AvgIpc) is 2.25. The van der Waals surface area contributed by atoms with Gasteiger partial charge in [-0.05, 0) is 53.4 Å². The van der Waals surface area contributed by atoms with Crippen LogP contribution in [0.5, 0.6) is 0 Å². The van der Waals surface area contributed by atoms with Crippen LogP contribution in [0.4, 0.5) is 0 Å². The minimum Gasteiger partial charge on any atom is -0.460 e. The van der Waals surface area contributed by atoms with E-state index >= 15 is 0 Å². The molecule has 0 aliphatic rings. The zero-order valence-corrected chi connectivity index (χ0v) is 12.1. The molecule has 0 saturated carbocycles. The van der Waals surface area contributed by atoms with E-state index in [1.54, 1.807) is 6.08 Å². The third-order valence-electron chi connectivity index (χ3n) is 2.21. The van der Waals surface area contributed by atoms with Crippen LogP contribution in [-0.2, 0) is 9.53 Å². The Hall–Kier alpha value is -1.31. The zero-order chi connectivity index (χ0) is 13.8. The molecule has 0 unspecified atom stereocenters. The Labute approximate surface area is 111 Å². The molecule has 0 fully saturated rings. The molecule has 102 valence electrons. The molecular weight excluding hydrogens is 224 g/mol. The van der Waals surface area contributed by atoms with E-state index in [0.29, 0.717) is 0 Å². The molecule has 0 atom stereocenters. The number of carbonyl (C=O) groups excluding carboxylic acids is 1. The quantitative estimate of drug-likeness (QED) is 0.207. The van der Waals surface area contributed by atoms with Crippen molar-refractivity contribution in [3.05, 3.63) is 36.0 Å². The molecule has 2 heteroatoms. The Balaban J connectivity index is 3.57. The maximum Gasteiger partial charge on any atom is 0.330 e. The zero-order valence-electron chi connectivity index (χ0n) is 12.1. The minimum absolute atomic E-state index is 0.0544. The second-order valence-corrected chi connectivity index (χ2v) is 4.84. The third kappa shape index (κ3) is 12.8. The first-order valence-corrected chi connectivity index (χ1v) is 6.69. The molecule has 0 aromatic carbocycles. The van der Waals surface area contributed by atoms with Gasteiger partial charge in [0.25, 0.3) is 0 Å². The van der Waals surface area contributed by atoms with Crippen molar-refractivity contribution < 1.29 is 9.53 Å². The predicted molar refractivity (Wildman–Crippen MR) is 77.4 cm³/mol. The van der Waals surface area contributed by atoms with Crippen LogP contribution in [0.3, 0.4) is 0 Å². The van der Waals surface area contributed by atoms with E-state index in [0.717, 1.165) is 12.8 Å². The lowest BCUT2D eigenvalue weighted by Gasteiger charge is -2.03. The molecule has 0 radical (unpaired) electrons. The topological polar surface area (TPSA) is 26.3 Å². The van der Waals surface area contributed by atoms with Crippen LogP contribution in [0.15, 0.2) is 36.0 Å². The normalized spacial score (nSPS) is 11.4. The van der Waals surface area contributed by atoms with Crippen LogP contribution < -0.4 is 0 Å². The monoisotopic (exact) mass is 250 g/mol. The number of allylic oxidation sites excluding steroid dienone is 5. The van der Waals surface area contributed by atoms with Crippen LogP contribution in [0.2, 0.25) is 0 Å². The third-order valence-corrected chi connectivity index (χ3v) is 2.21. The van der Waals surface area contributed by atoms with Gasteiger partial charge in [0.2, 0.25) is 0 Å². The maximum atomic E-state index is 11.1. The lowest BCUT2D eigenvalue weighted by atomic mass is 10.1. The summed E-state index contributed by atoms with van der Waals surface area (Å²) in [6, 6.07) is 0. The van der Waals surface area contributed by atoms with Gasteiger partial charge in [-0.25, -0.2) is 4.79 Å². The summed E-state index contributed by atoms with van der Waals surface area (Å²) in [6.45, 7) is 7.93. The van der Waals surface area contributed by atoms with Gasteiger partial charge < -0.3 is 4.74 Å². The Morgan fingerprint density at radius 2 is 1.78 bits per heavy atom. The summed E-state index contributed by atoms with van der Waals surface area (Å²) in [5.41, 5.74) is 1.39. The van der Waals surface area contributed by atoms with Gasteiger partial charge in [-0.3, -0.25) is 0 Å². The van der Waals surface area contributed by atoms with Gasteiger partial charge in [-0.2, -0.15) is 0 Å². The standard InChI is InChI=1S/C16H26O2/c1-14(2)12-10-8-6-5-7-9-11-13-16(17)18-15(3)4/h7,9,11-13,15H,5-6,8,10H2,1-4H3/b9-7+,13-11+. The SMILES string of the molecule is CC(C)=CCCCC/C=C/C=C/C(=O)OC(C)C. The van der Waals surface area contributed by atoms with Crippen molar-refractivity contribution in [3.63, 3.8) is 0 Å². The van der Waals surface area contributed by atoms with Crippen LogP contribution in [0.25, 0.3) is 0 Å². The molecule has 2 nitrogen and oxygen atoms in total. The number of unbranched alkanes of at least 4 members (excludes halogenated alkanes) is 3. The molecule has 0 saturated heterocycles. The molecule has 0 aromatic heterocycles. The molecule has 0 N–H and O–H groups in total. The van der Waals surface area contributed by atoms with Gasteiger partial charge in [0, 0.05) is 6.08 Å². The summed E-state index contributed by atoms with van der Waals surface area (Å²) in [6.07, 6.45) is 14.0. The van der Waals surface area contributed by atoms with Crippen LogP contribution in [0.1, 0.15) is 53.4 Å². The number of ether oxygens (including phenoxy) is 1. The van der Waals surface area contributed by atoms with Gasteiger partial charge in [0.05, 0.1) is 6.10 Å². The Bertz CT molecular complexity index is 305. The Morgan fingerprint density at radius 3 is 2.39 bits per heavy atom. The van der Waals surface area contributed by atoms with E-state index in [2.05, 4.69) is 26.0 Å². The number of esters is 1. The highest BCUT2D eigenvalue weighted by atomic mass is 16.5. The fourth-order valence-corrected chi connectivity index (χ4v) is 1.38. The van der Waals surface area contributed by atoms with Gasteiger partial charge in [0.15, 0.2) is 0 Å². The first-order valence-electron chi connectivity index (χ1n) is 6.69. The van der Waals surface area contributed by atoms with Gasteiger partial charge in [-0.1, -0.05) is 29.9 Å². The van der Waals surface area contributed by atoms with Crippen LogP contribution >= 0.6 is 0 Å². The fraction of sp³-hybridized carbons (Fsp3) is 0.562. The molecule has 0 bridgehead atoms. The lowest BCUT2D eigenvalue weighted by molar-refractivity contribution is -0.141. The number of hydrogen-bond acceptors (Lipinski definition) is 2. The van der Waals surface area contributed by atoms with Crippen molar-refractivity contribution in [1.82, 2.24) is 0 Å². The first-order chi connectivity index (χ1) is 8.52. The summed E-state index contributed by atoms with van der Waals surface area (Å²) in [7, 11) is 0. The van der Waals surface area contributed by atoms with Gasteiger partial charge in [-0.15, -0.1) is 0 Å². The number of rotatable bonds is 8. The van der Waals surface area contributed by atoms with E-state index in [1.807, 2.05) is 19.9 Å². The van der Waals surface area contributed by atoms with E-state index in [4.69, 9.17) is 4.74 Å². The molecule has 0 heterocycles. The van der Waals surface area contributed by atoms with Gasteiger partial charge >= 0.3 is 5.97 Å². The molecular formula is C16H26O2. The first kappa shape index (κ1) is 16.7. The fourth-order valence-electron chi connectivity index (χ4n) is 1.38. The summed E-state index contributed by atoms with van der Waals surface area (Å²) in [5, 5.41) is 0. The maximum absolute atomic E-state index is 11.1. The summed E-state index contributed by atoms with van der Waals surface area (Å²) < 4.78 is 4.97. The van der Waals surface area contributed by atoms with Crippen LogP contribution in [0, 0.1) is 0 Å². The predicted octanol–water partition coefficient (Wildman–Crippen LogP) is 4.58. The molecule has 0 amide bonds. The number of hydrogen-bond donors (Lipinski definition) is 0. The molecule has 0 aromatic rings. The summed E-state index contributed by atoms with van der Waals surface area (Å²) >= 11 is 0. The number of carbonyl (C=O) groups is 1. The van der Waals surface area contributed by atoms with E-state index in [-0.39, 0.29) is 12.1 Å². The molecule has 0 aliphatic carbocycles. The van der Waals surface area contributed by atoms with Crippen molar-refractivity contribution >= 4 is 5.97 Å². The second-order valence-electron chi connectivity index (χ2n) is 4.84. The molecule has 0 aliphatic heterocycles. The van der Waals surface area contributed by atoms with E-state index < -0.39 is 0 Å². The Kier molecular flexibility index (Phi) is 10.0. The van der Waals surface area contributed by atoms with Crippen molar-refractivity contribution in [1.29, 1.82) is 0 Å². The smallest absolute Gasteiger partial charge is 0.330 e. The Morgan fingerprint density at radius 1 is 1.11 bits per heavy atom. The highest BCUT2D eigenvalue weighted by Crippen LogP contribution is 2.03. The second kappa shape index (κ2) is 10.8. The van der Waals surface area contributed by atoms with E-state index in [1.165, 1.54) is 24.5 Å². The van der Waals surface area contributed by atoms with Crippen molar-refractivity contribution in [2.24, 2.45) is 0 Å². The summed E-state index contributed by atoms with van der Waals surface area (Å²) in [4.78, 5) is 11.1. The molecule has 0 rings (SSSR count). The minimum atomic E-state index is -0.279. The highest BCUT2D eigenvalue weighted by Gasteiger charge is 1.97. The summed E-state index contributed by atoms with van der Waals surface area (Å²) in [5.74, 6) is -0.279. The van der Waals surface area contributed by atoms with E-state index in [9.17, 15) is 4.79 Å². The largest absolute Gasteiger partial charge is 0.460 e. The molecule has 0 spiro atoms. The van der Waals surface area contributed by atoms with Crippen molar-refractivity contribution in [2.75, 3.05) is 0 Å². The van der Waals surface area contributed by atoms with Crippen molar-refractivity contribution in [3.8, 4) is 0 Å². The average molecular weight is 250 g/mol. The van der Waals surface area contributed by atoms with Crippen molar-refractivity contribution in [2.45, 2.75) is 59.5 Å². The van der Waals surface area contributed by atoms with Crippen LogP contribution in [-0.4, -0.2) is 12.1 Å². The van der Waals surface area contributed by atoms with Gasteiger partial charge in [0.1, 0.15) is 0 Å². The lowest BCUT2D eigenvalue weighted by Crippen LogP contribution is -2.08. The molecule has 18 heavy (non-hydrogen) atoms.